The van der Waals surface area contributed by atoms with Gasteiger partial charge >= 0.3 is 5.97 Å². The van der Waals surface area contributed by atoms with Gasteiger partial charge in [0.2, 0.25) is 0 Å². The van der Waals surface area contributed by atoms with Crippen molar-refractivity contribution in [2.24, 2.45) is 11.8 Å². The van der Waals surface area contributed by atoms with E-state index in [9.17, 15) is 14.7 Å². The van der Waals surface area contributed by atoms with E-state index in [1.807, 2.05) is 30.3 Å². The molecule has 2 aromatic rings. The zero-order valence-electron chi connectivity index (χ0n) is 12.3. The van der Waals surface area contributed by atoms with Gasteiger partial charge in [-0.2, -0.15) is 0 Å². The van der Waals surface area contributed by atoms with Crippen LogP contribution in [-0.2, 0) is 11.2 Å². The minimum Gasteiger partial charge on any atom is -0.481 e. The summed E-state index contributed by atoms with van der Waals surface area (Å²) < 4.78 is 5.13. The fraction of sp³-hybridized carbons (Fsp3) is 0.294. The monoisotopic (exact) mass is 333 g/mol. The Morgan fingerprint density at radius 1 is 1.17 bits per heavy atom. The third-order valence-corrected chi connectivity index (χ3v) is 4.37. The summed E-state index contributed by atoms with van der Waals surface area (Å²) in [4.78, 5) is 25.5. The Bertz CT molecular complexity index is 712. The van der Waals surface area contributed by atoms with E-state index >= 15 is 0 Å². The molecular formula is C17H16ClNO4. The summed E-state index contributed by atoms with van der Waals surface area (Å²) in [7, 11) is 0. The Morgan fingerprint density at radius 3 is 2.52 bits per heavy atom. The molecule has 1 N–H and O–H groups in total. The van der Waals surface area contributed by atoms with Crippen molar-refractivity contribution in [3.63, 3.8) is 0 Å². The average Bonchev–Trinajstić information content (AvgIpc) is 3.14. The molecule has 120 valence electrons. The van der Waals surface area contributed by atoms with E-state index in [1.165, 1.54) is 17.0 Å². The van der Waals surface area contributed by atoms with Crippen molar-refractivity contribution in [3.8, 4) is 0 Å². The maximum absolute atomic E-state index is 12.4. The van der Waals surface area contributed by atoms with Crippen LogP contribution in [0.2, 0.25) is 5.22 Å². The fourth-order valence-electron chi connectivity index (χ4n) is 3.03. The SMILES string of the molecule is O=C(O)[C@@H]1CN(C(=O)c2ccc(Cl)o2)C[C@H]1Cc1ccccc1. The van der Waals surface area contributed by atoms with Crippen molar-refractivity contribution >= 4 is 23.5 Å². The minimum atomic E-state index is -0.876. The lowest BCUT2D eigenvalue weighted by Gasteiger charge is -2.15. The van der Waals surface area contributed by atoms with Crippen LogP contribution in [0, 0.1) is 11.8 Å². The normalized spacial score (nSPS) is 20.7. The number of benzene rings is 1. The molecule has 0 unspecified atom stereocenters. The van der Waals surface area contributed by atoms with Gasteiger partial charge in [-0.3, -0.25) is 9.59 Å². The number of furan rings is 1. The summed E-state index contributed by atoms with van der Waals surface area (Å²) in [6.45, 7) is 0.576. The van der Waals surface area contributed by atoms with Gasteiger partial charge in [-0.05, 0) is 41.6 Å². The van der Waals surface area contributed by atoms with Crippen LogP contribution in [0.5, 0.6) is 0 Å². The number of carboxylic acid groups (broad SMARTS) is 1. The number of halogens is 1. The number of carbonyl (C=O) groups is 2. The molecule has 6 heteroatoms. The van der Waals surface area contributed by atoms with Crippen LogP contribution in [0.3, 0.4) is 0 Å². The van der Waals surface area contributed by atoms with E-state index < -0.39 is 11.9 Å². The molecule has 1 aliphatic heterocycles. The molecule has 1 saturated heterocycles. The molecule has 0 radical (unpaired) electrons. The van der Waals surface area contributed by atoms with Crippen LogP contribution in [0.4, 0.5) is 0 Å². The van der Waals surface area contributed by atoms with E-state index in [4.69, 9.17) is 16.0 Å². The molecule has 1 aromatic heterocycles. The largest absolute Gasteiger partial charge is 0.481 e. The second-order valence-electron chi connectivity index (χ2n) is 5.71. The van der Waals surface area contributed by atoms with Crippen molar-refractivity contribution < 1.29 is 19.1 Å². The Labute approximate surface area is 138 Å². The van der Waals surface area contributed by atoms with Gasteiger partial charge < -0.3 is 14.4 Å². The van der Waals surface area contributed by atoms with Crippen LogP contribution in [0.25, 0.3) is 0 Å². The van der Waals surface area contributed by atoms with Crippen molar-refractivity contribution in [2.45, 2.75) is 6.42 Å². The highest BCUT2D eigenvalue weighted by atomic mass is 35.5. The number of carboxylic acids is 1. The second kappa shape index (κ2) is 6.46. The molecule has 0 bridgehead atoms. The predicted molar refractivity (Wildman–Crippen MR) is 84.4 cm³/mol. The molecule has 1 fully saturated rings. The van der Waals surface area contributed by atoms with Gasteiger partial charge in [-0.15, -0.1) is 0 Å². The van der Waals surface area contributed by atoms with Gasteiger partial charge in [0.15, 0.2) is 11.0 Å². The quantitative estimate of drug-likeness (QED) is 0.933. The Balaban J connectivity index is 1.75. The Kier molecular flexibility index (Phi) is 4.39. The number of rotatable bonds is 4. The van der Waals surface area contributed by atoms with Crippen molar-refractivity contribution in [1.29, 1.82) is 0 Å². The zero-order valence-corrected chi connectivity index (χ0v) is 13.1. The van der Waals surface area contributed by atoms with Gasteiger partial charge in [0.25, 0.3) is 5.91 Å². The third-order valence-electron chi connectivity index (χ3n) is 4.17. The standard InChI is InChI=1S/C17H16ClNO4/c18-15-7-6-14(23-15)16(20)19-9-12(13(10-19)17(21)22)8-11-4-2-1-3-5-11/h1-7,12-13H,8-10H2,(H,21,22)/t12-,13-/m1/s1. The smallest absolute Gasteiger partial charge is 0.308 e. The highest BCUT2D eigenvalue weighted by Crippen LogP contribution is 2.29. The summed E-state index contributed by atoms with van der Waals surface area (Å²) in [5, 5.41) is 9.60. The molecule has 23 heavy (non-hydrogen) atoms. The topological polar surface area (TPSA) is 70.8 Å². The summed E-state index contributed by atoms with van der Waals surface area (Å²) in [6, 6.07) is 12.7. The first-order valence-corrected chi connectivity index (χ1v) is 7.73. The number of carbonyl (C=O) groups excluding carboxylic acids is 1. The summed E-state index contributed by atoms with van der Waals surface area (Å²) >= 11 is 5.69. The second-order valence-corrected chi connectivity index (χ2v) is 6.08. The van der Waals surface area contributed by atoms with E-state index in [-0.39, 0.29) is 29.3 Å². The zero-order chi connectivity index (χ0) is 16.4. The highest BCUT2D eigenvalue weighted by molar-refractivity contribution is 6.29. The first-order chi connectivity index (χ1) is 11.0. The lowest BCUT2D eigenvalue weighted by molar-refractivity contribution is -0.142. The maximum atomic E-state index is 12.4. The van der Waals surface area contributed by atoms with E-state index in [2.05, 4.69) is 0 Å². The molecule has 0 spiro atoms. The number of hydrogen-bond acceptors (Lipinski definition) is 3. The van der Waals surface area contributed by atoms with Gasteiger partial charge in [0, 0.05) is 13.1 Å². The van der Waals surface area contributed by atoms with Crippen molar-refractivity contribution in [2.75, 3.05) is 13.1 Å². The number of amides is 1. The minimum absolute atomic E-state index is 0.121. The molecule has 2 heterocycles. The molecular weight excluding hydrogens is 318 g/mol. The van der Waals surface area contributed by atoms with Crippen LogP contribution in [-0.4, -0.2) is 35.0 Å². The molecule has 2 atom stereocenters. The molecule has 5 nitrogen and oxygen atoms in total. The number of hydrogen-bond donors (Lipinski definition) is 1. The van der Waals surface area contributed by atoms with Gasteiger partial charge in [-0.25, -0.2) is 0 Å². The number of aliphatic carboxylic acids is 1. The molecule has 1 amide bonds. The van der Waals surface area contributed by atoms with Gasteiger partial charge in [-0.1, -0.05) is 30.3 Å². The Hall–Kier alpha value is -2.27. The number of likely N-dealkylation sites (tertiary alicyclic amines) is 1. The fourth-order valence-corrected chi connectivity index (χ4v) is 3.17. The lowest BCUT2D eigenvalue weighted by atomic mass is 9.90. The van der Waals surface area contributed by atoms with Crippen LogP contribution in [0.15, 0.2) is 46.9 Å². The van der Waals surface area contributed by atoms with Crippen molar-refractivity contribution in [1.82, 2.24) is 4.90 Å². The van der Waals surface area contributed by atoms with E-state index in [1.54, 1.807) is 0 Å². The summed E-state index contributed by atoms with van der Waals surface area (Å²) in [5.74, 6) is -1.76. The predicted octanol–water partition coefficient (Wildman–Crippen LogP) is 2.95. The molecule has 3 rings (SSSR count). The van der Waals surface area contributed by atoms with Crippen LogP contribution in [0.1, 0.15) is 16.1 Å². The molecule has 0 saturated carbocycles. The van der Waals surface area contributed by atoms with Crippen LogP contribution >= 0.6 is 11.6 Å². The summed E-state index contributed by atoms with van der Waals surface area (Å²) in [6.07, 6.45) is 0.625. The summed E-state index contributed by atoms with van der Waals surface area (Å²) in [5.41, 5.74) is 1.07. The van der Waals surface area contributed by atoms with Crippen LogP contribution < -0.4 is 0 Å². The number of nitrogens with zero attached hydrogens (tertiary/aromatic N) is 1. The van der Waals surface area contributed by atoms with Gasteiger partial charge in [0.05, 0.1) is 5.92 Å². The molecule has 1 aromatic carbocycles. The lowest BCUT2D eigenvalue weighted by Crippen LogP contribution is -2.29. The average molecular weight is 334 g/mol. The first kappa shape index (κ1) is 15.6. The Morgan fingerprint density at radius 2 is 1.91 bits per heavy atom. The van der Waals surface area contributed by atoms with E-state index in [0.717, 1.165) is 5.56 Å². The molecule has 0 aliphatic carbocycles. The molecule has 1 aliphatic rings. The first-order valence-electron chi connectivity index (χ1n) is 7.36. The highest BCUT2D eigenvalue weighted by Gasteiger charge is 2.40. The maximum Gasteiger partial charge on any atom is 0.308 e. The van der Waals surface area contributed by atoms with E-state index in [0.29, 0.717) is 13.0 Å². The van der Waals surface area contributed by atoms with Crippen molar-refractivity contribution in [3.05, 3.63) is 59.0 Å². The third kappa shape index (κ3) is 3.40. The van der Waals surface area contributed by atoms with Gasteiger partial charge in [0.1, 0.15) is 0 Å².